The number of benzene rings is 1. The Kier molecular flexibility index (Phi) is 3.38. The van der Waals surface area contributed by atoms with Crippen molar-refractivity contribution in [2.45, 2.75) is 11.9 Å². The zero-order valence-corrected chi connectivity index (χ0v) is 11.8. The smallest absolute Gasteiger partial charge is 0.280 e. The molecule has 0 amide bonds. The van der Waals surface area contributed by atoms with Gasteiger partial charge in [0.2, 0.25) is 0 Å². The molecule has 0 aliphatic carbocycles. The largest absolute Gasteiger partial charge is 0.399 e. The van der Waals surface area contributed by atoms with Gasteiger partial charge in [0, 0.05) is 18.9 Å². The Balaban J connectivity index is 2.41. The summed E-state index contributed by atoms with van der Waals surface area (Å²) < 4.78 is 28.3. The Morgan fingerprint density at radius 1 is 1.45 bits per heavy atom. The van der Waals surface area contributed by atoms with Crippen LogP contribution in [-0.2, 0) is 17.1 Å². The zero-order chi connectivity index (χ0) is 14.9. The Morgan fingerprint density at radius 2 is 2.15 bits per heavy atom. The maximum absolute atomic E-state index is 12.2. The molecule has 20 heavy (non-hydrogen) atoms. The van der Waals surface area contributed by atoms with Crippen molar-refractivity contribution >= 4 is 21.4 Å². The predicted molar refractivity (Wildman–Crippen MR) is 74.3 cm³/mol. The molecule has 0 saturated heterocycles. The summed E-state index contributed by atoms with van der Waals surface area (Å²) in [5.41, 5.74) is 6.27. The lowest BCUT2D eigenvalue weighted by molar-refractivity contribution is 0.598. The van der Waals surface area contributed by atoms with Gasteiger partial charge in [0.1, 0.15) is 11.9 Å². The van der Waals surface area contributed by atoms with Crippen LogP contribution in [0.2, 0.25) is 0 Å². The molecule has 0 spiro atoms. The molecule has 1 aromatic carbocycles. The van der Waals surface area contributed by atoms with E-state index in [2.05, 4.69) is 9.71 Å². The van der Waals surface area contributed by atoms with Gasteiger partial charge in [0.25, 0.3) is 10.0 Å². The quantitative estimate of drug-likeness (QED) is 0.818. The van der Waals surface area contributed by atoms with E-state index in [0.29, 0.717) is 11.5 Å². The molecule has 2 aromatic rings. The molecule has 104 valence electrons. The monoisotopic (exact) mass is 291 g/mol. The molecule has 0 atom stereocenters. The topological polar surface area (TPSA) is 114 Å². The normalized spacial score (nSPS) is 11.1. The SMILES string of the molecule is Cc1nc(S(=O)(=O)Nc2ccc(N)cc2C#N)cn1C. The van der Waals surface area contributed by atoms with Gasteiger partial charge in [-0.15, -0.1) is 0 Å². The molecule has 0 bridgehead atoms. The van der Waals surface area contributed by atoms with Gasteiger partial charge in [-0.3, -0.25) is 4.72 Å². The first-order valence-corrected chi connectivity index (χ1v) is 7.14. The van der Waals surface area contributed by atoms with Crippen molar-refractivity contribution in [1.82, 2.24) is 9.55 Å². The third-order valence-electron chi connectivity index (χ3n) is 2.77. The van der Waals surface area contributed by atoms with E-state index in [1.165, 1.54) is 24.4 Å². The van der Waals surface area contributed by atoms with Crippen LogP contribution in [-0.4, -0.2) is 18.0 Å². The predicted octanol–water partition coefficient (Wildman–Crippen LogP) is 0.983. The summed E-state index contributed by atoms with van der Waals surface area (Å²) in [6, 6.07) is 6.26. The molecule has 0 fully saturated rings. The number of sulfonamides is 1. The van der Waals surface area contributed by atoms with Gasteiger partial charge in [0.15, 0.2) is 5.03 Å². The van der Waals surface area contributed by atoms with Crippen LogP contribution in [0.4, 0.5) is 11.4 Å². The molecule has 1 heterocycles. The number of rotatable bonds is 3. The molecule has 0 aliphatic heterocycles. The van der Waals surface area contributed by atoms with E-state index in [1.807, 2.05) is 6.07 Å². The van der Waals surface area contributed by atoms with Crippen molar-refractivity contribution < 1.29 is 8.42 Å². The first-order chi connectivity index (χ1) is 9.33. The average molecular weight is 291 g/mol. The summed E-state index contributed by atoms with van der Waals surface area (Å²) in [5, 5.41) is 8.90. The number of hydrogen-bond donors (Lipinski definition) is 2. The number of nitrogen functional groups attached to an aromatic ring is 1. The molecule has 8 heteroatoms. The fourth-order valence-corrected chi connectivity index (χ4v) is 2.72. The molecule has 0 saturated carbocycles. The van der Waals surface area contributed by atoms with E-state index in [0.717, 1.165) is 0 Å². The van der Waals surface area contributed by atoms with Crippen LogP contribution in [0.25, 0.3) is 0 Å². The van der Waals surface area contributed by atoms with Crippen LogP contribution in [0.5, 0.6) is 0 Å². The molecule has 0 radical (unpaired) electrons. The Morgan fingerprint density at radius 3 is 2.70 bits per heavy atom. The number of nitrogens with one attached hydrogen (secondary N) is 1. The van der Waals surface area contributed by atoms with Gasteiger partial charge >= 0.3 is 0 Å². The van der Waals surface area contributed by atoms with E-state index in [4.69, 9.17) is 11.0 Å². The molecular formula is C12H13N5O2S. The number of imidazole rings is 1. The number of nitriles is 1. The van der Waals surface area contributed by atoms with E-state index in [1.54, 1.807) is 18.5 Å². The molecular weight excluding hydrogens is 278 g/mol. The van der Waals surface area contributed by atoms with Crippen molar-refractivity contribution in [3.8, 4) is 6.07 Å². The summed E-state index contributed by atoms with van der Waals surface area (Å²) in [6.07, 6.45) is 1.40. The van der Waals surface area contributed by atoms with Gasteiger partial charge in [-0.2, -0.15) is 13.7 Å². The van der Waals surface area contributed by atoms with Crippen LogP contribution in [0.15, 0.2) is 29.4 Å². The minimum Gasteiger partial charge on any atom is -0.399 e. The van der Waals surface area contributed by atoms with Gasteiger partial charge < -0.3 is 10.3 Å². The number of nitrogens with two attached hydrogens (primary N) is 1. The minimum atomic E-state index is -3.83. The minimum absolute atomic E-state index is 0.0989. The van der Waals surface area contributed by atoms with Gasteiger partial charge in [-0.1, -0.05) is 0 Å². The lowest BCUT2D eigenvalue weighted by Crippen LogP contribution is -2.14. The van der Waals surface area contributed by atoms with Crippen LogP contribution < -0.4 is 10.5 Å². The highest BCUT2D eigenvalue weighted by molar-refractivity contribution is 7.92. The number of hydrogen-bond acceptors (Lipinski definition) is 5. The Hall–Kier alpha value is -2.53. The summed E-state index contributed by atoms with van der Waals surface area (Å²) >= 11 is 0. The molecule has 0 unspecified atom stereocenters. The highest BCUT2D eigenvalue weighted by Gasteiger charge is 2.20. The first-order valence-electron chi connectivity index (χ1n) is 5.66. The summed E-state index contributed by atoms with van der Waals surface area (Å²) in [7, 11) is -2.13. The van der Waals surface area contributed by atoms with Gasteiger partial charge in [-0.25, -0.2) is 4.98 Å². The summed E-state index contributed by atoms with van der Waals surface area (Å²) in [5.74, 6) is 0.572. The first kappa shape index (κ1) is 13.9. The fraction of sp³-hybridized carbons (Fsp3) is 0.167. The second kappa shape index (κ2) is 4.86. The number of anilines is 2. The molecule has 7 nitrogen and oxygen atoms in total. The van der Waals surface area contributed by atoms with Crippen LogP contribution in [0, 0.1) is 18.3 Å². The molecule has 1 aromatic heterocycles. The number of nitrogens with zero attached hydrogens (tertiary/aromatic N) is 3. The second-order valence-corrected chi connectivity index (χ2v) is 5.89. The molecule has 3 N–H and O–H groups in total. The average Bonchev–Trinajstić information content (AvgIpc) is 2.72. The van der Waals surface area contributed by atoms with Crippen LogP contribution in [0.1, 0.15) is 11.4 Å². The highest BCUT2D eigenvalue weighted by Crippen LogP contribution is 2.21. The Bertz CT molecular complexity index is 782. The third kappa shape index (κ3) is 2.57. The third-order valence-corrected chi connectivity index (χ3v) is 4.01. The van der Waals surface area contributed by atoms with Crippen molar-refractivity contribution in [1.29, 1.82) is 5.26 Å². The fourth-order valence-electron chi connectivity index (χ4n) is 1.60. The van der Waals surface area contributed by atoms with Crippen molar-refractivity contribution in [2.24, 2.45) is 7.05 Å². The highest BCUT2D eigenvalue weighted by atomic mass is 32.2. The van der Waals surface area contributed by atoms with Gasteiger partial charge in [0.05, 0.1) is 11.3 Å². The second-order valence-electron chi connectivity index (χ2n) is 4.26. The van der Waals surface area contributed by atoms with Gasteiger partial charge in [-0.05, 0) is 25.1 Å². The maximum Gasteiger partial charge on any atom is 0.280 e. The number of aryl methyl sites for hydroxylation is 2. The standard InChI is InChI=1S/C12H13N5O2S/c1-8-15-12(7-17(8)2)20(18,19)16-11-4-3-10(14)5-9(11)6-13/h3-5,7,16H,14H2,1-2H3. The van der Waals surface area contributed by atoms with Crippen LogP contribution in [0.3, 0.4) is 0 Å². The lowest BCUT2D eigenvalue weighted by Gasteiger charge is -2.07. The lowest BCUT2D eigenvalue weighted by atomic mass is 10.2. The molecule has 0 aliphatic rings. The maximum atomic E-state index is 12.2. The Labute approximate surface area is 116 Å². The summed E-state index contributed by atoms with van der Waals surface area (Å²) in [4.78, 5) is 3.96. The van der Waals surface area contributed by atoms with E-state index >= 15 is 0 Å². The zero-order valence-electron chi connectivity index (χ0n) is 11.0. The van der Waals surface area contributed by atoms with Crippen LogP contribution >= 0.6 is 0 Å². The van der Waals surface area contributed by atoms with Crippen molar-refractivity contribution in [3.05, 3.63) is 35.8 Å². The number of aromatic nitrogens is 2. The molecule has 2 rings (SSSR count). The summed E-state index contributed by atoms with van der Waals surface area (Å²) in [6.45, 7) is 1.70. The van der Waals surface area contributed by atoms with Crippen molar-refractivity contribution in [2.75, 3.05) is 10.5 Å². The van der Waals surface area contributed by atoms with E-state index in [9.17, 15) is 8.42 Å². The van der Waals surface area contributed by atoms with E-state index in [-0.39, 0.29) is 16.3 Å². The van der Waals surface area contributed by atoms with E-state index < -0.39 is 10.0 Å². The van der Waals surface area contributed by atoms with Crippen molar-refractivity contribution in [3.63, 3.8) is 0 Å².